The zero-order valence-corrected chi connectivity index (χ0v) is 15.3. The maximum atomic E-state index is 13.6. The van der Waals surface area contributed by atoms with Crippen molar-refractivity contribution in [2.24, 2.45) is 0 Å². The fourth-order valence-corrected chi connectivity index (χ4v) is 3.58. The van der Waals surface area contributed by atoms with E-state index in [4.69, 9.17) is 22.1 Å². The van der Waals surface area contributed by atoms with Crippen molar-refractivity contribution < 1.29 is 14.2 Å². The summed E-state index contributed by atoms with van der Waals surface area (Å²) >= 11 is 6.15. The third-order valence-corrected chi connectivity index (χ3v) is 5.12. The highest BCUT2D eigenvalue weighted by Gasteiger charge is 2.23. The number of nitrogens with zero attached hydrogens (tertiary/aromatic N) is 1. The standard InChI is InChI=1S/C19H20ClFN4O2/c20-14-7-15(21)16(22)6-12(14)13-5-10-9-23-18(8-17(10)25-19(13)26)24-11-1-3-27-4-2-11/h5-9,11,19,25-26H,1-4,22H2,(H,23,24). The second-order valence-electron chi connectivity index (χ2n) is 6.69. The quantitative estimate of drug-likeness (QED) is 0.601. The third-order valence-electron chi connectivity index (χ3n) is 4.80. The van der Waals surface area contributed by atoms with Gasteiger partial charge in [-0.15, -0.1) is 0 Å². The van der Waals surface area contributed by atoms with E-state index in [1.807, 2.05) is 6.07 Å². The Hall–Kier alpha value is -2.35. The van der Waals surface area contributed by atoms with Crippen molar-refractivity contribution in [1.29, 1.82) is 0 Å². The zero-order valence-electron chi connectivity index (χ0n) is 14.5. The highest BCUT2D eigenvalue weighted by atomic mass is 35.5. The van der Waals surface area contributed by atoms with Crippen LogP contribution in [-0.2, 0) is 4.74 Å². The molecule has 1 atom stereocenters. The number of anilines is 3. The lowest BCUT2D eigenvalue weighted by Gasteiger charge is -2.27. The van der Waals surface area contributed by atoms with E-state index in [-0.39, 0.29) is 10.7 Å². The molecule has 6 nitrogen and oxygen atoms in total. The topological polar surface area (TPSA) is 92.4 Å². The summed E-state index contributed by atoms with van der Waals surface area (Å²) in [7, 11) is 0. The number of aliphatic hydroxyl groups is 1. The van der Waals surface area contributed by atoms with E-state index in [1.165, 1.54) is 6.07 Å². The molecule has 0 saturated carbocycles. The zero-order chi connectivity index (χ0) is 19.0. The normalized spacial score (nSPS) is 19.8. The second-order valence-corrected chi connectivity index (χ2v) is 7.10. The number of nitrogens with two attached hydrogens (primary N) is 1. The van der Waals surface area contributed by atoms with Crippen LogP contribution < -0.4 is 16.4 Å². The van der Waals surface area contributed by atoms with E-state index in [9.17, 15) is 9.50 Å². The lowest BCUT2D eigenvalue weighted by atomic mass is 9.97. The molecule has 0 bridgehead atoms. The van der Waals surface area contributed by atoms with Crippen molar-refractivity contribution in [2.75, 3.05) is 29.6 Å². The van der Waals surface area contributed by atoms with Crippen LogP contribution in [0.2, 0.25) is 5.02 Å². The van der Waals surface area contributed by atoms with Gasteiger partial charge in [-0.25, -0.2) is 9.37 Å². The van der Waals surface area contributed by atoms with Crippen LogP contribution in [-0.4, -0.2) is 35.6 Å². The van der Waals surface area contributed by atoms with Crippen LogP contribution >= 0.6 is 11.6 Å². The lowest BCUT2D eigenvalue weighted by Crippen LogP contribution is -2.28. The molecule has 2 aliphatic rings. The number of halogens is 2. The SMILES string of the molecule is Nc1cc(C2=Cc3cnc(NC4CCOCC4)cc3NC2O)c(Cl)cc1F. The van der Waals surface area contributed by atoms with Gasteiger partial charge in [0, 0.05) is 53.9 Å². The van der Waals surface area contributed by atoms with Gasteiger partial charge in [0.2, 0.25) is 0 Å². The fourth-order valence-electron chi connectivity index (χ4n) is 3.32. The van der Waals surface area contributed by atoms with E-state index in [2.05, 4.69) is 15.6 Å². The number of nitrogen functional groups attached to an aromatic ring is 1. The molecule has 1 fully saturated rings. The van der Waals surface area contributed by atoms with E-state index in [0.717, 1.165) is 49.2 Å². The molecule has 1 unspecified atom stereocenters. The minimum Gasteiger partial charge on any atom is -0.396 e. The molecule has 1 aromatic heterocycles. The number of aliphatic hydroxyl groups excluding tert-OH is 1. The number of hydrogen-bond donors (Lipinski definition) is 4. The number of rotatable bonds is 3. The van der Waals surface area contributed by atoms with Gasteiger partial charge in [0.15, 0.2) is 6.23 Å². The fraction of sp³-hybridized carbons (Fsp3) is 0.316. The third kappa shape index (κ3) is 3.71. The first-order valence-corrected chi connectivity index (χ1v) is 9.14. The van der Waals surface area contributed by atoms with Crippen molar-refractivity contribution in [3.63, 3.8) is 0 Å². The molecule has 1 saturated heterocycles. The van der Waals surface area contributed by atoms with Gasteiger partial charge in [-0.2, -0.15) is 0 Å². The molecular formula is C19H20ClFN4O2. The Morgan fingerprint density at radius 3 is 2.85 bits per heavy atom. The van der Waals surface area contributed by atoms with Crippen LogP contribution in [0, 0.1) is 5.82 Å². The Bertz CT molecular complexity index is 900. The van der Waals surface area contributed by atoms with Gasteiger partial charge in [0.1, 0.15) is 11.6 Å². The van der Waals surface area contributed by atoms with Crippen LogP contribution in [0.15, 0.2) is 24.4 Å². The molecule has 4 rings (SSSR count). The molecule has 8 heteroatoms. The molecule has 2 aromatic rings. The van der Waals surface area contributed by atoms with Crippen molar-refractivity contribution >= 4 is 40.4 Å². The molecule has 3 heterocycles. The van der Waals surface area contributed by atoms with E-state index in [1.54, 1.807) is 12.3 Å². The molecule has 0 aliphatic carbocycles. The van der Waals surface area contributed by atoms with Crippen molar-refractivity contribution in [1.82, 2.24) is 4.98 Å². The van der Waals surface area contributed by atoms with E-state index in [0.29, 0.717) is 17.2 Å². The molecule has 0 radical (unpaired) electrons. The van der Waals surface area contributed by atoms with Crippen LogP contribution in [0.5, 0.6) is 0 Å². The number of fused-ring (bicyclic) bond motifs is 1. The molecule has 2 aliphatic heterocycles. The van der Waals surface area contributed by atoms with Gasteiger partial charge < -0.3 is 26.2 Å². The average molecular weight is 391 g/mol. The van der Waals surface area contributed by atoms with Gasteiger partial charge >= 0.3 is 0 Å². The summed E-state index contributed by atoms with van der Waals surface area (Å²) in [6.45, 7) is 1.49. The summed E-state index contributed by atoms with van der Waals surface area (Å²) in [6.07, 6.45) is 4.36. The molecule has 0 amide bonds. The molecular weight excluding hydrogens is 371 g/mol. The average Bonchev–Trinajstić information content (AvgIpc) is 2.65. The predicted molar refractivity (Wildman–Crippen MR) is 105 cm³/mol. The highest BCUT2D eigenvalue weighted by molar-refractivity contribution is 6.32. The van der Waals surface area contributed by atoms with Crippen LogP contribution in [0.25, 0.3) is 11.6 Å². The molecule has 1 aromatic carbocycles. The van der Waals surface area contributed by atoms with Crippen LogP contribution in [0.3, 0.4) is 0 Å². The van der Waals surface area contributed by atoms with Gasteiger partial charge in [-0.05, 0) is 31.1 Å². The summed E-state index contributed by atoms with van der Waals surface area (Å²) < 4.78 is 18.9. The minimum atomic E-state index is -1.00. The van der Waals surface area contributed by atoms with Crippen LogP contribution in [0.4, 0.5) is 21.6 Å². The first-order valence-electron chi connectivity index (χ1n) is 8.76. The Morgan fingerprint density at radius 2 is 2.07 bits per heavy atom. The number of ether oxygens (including phenoxy) is 1. The van der Waals surface area contributed by atoms with Gasteiger partial charge in [-0.3, -0.25) is 0 Å². The Labute approximate surface area is 161 Å². The summed E-state index contributed by atoms with van der Waals surface area (Å²) in [4.78, 5) is 4.46. The molecule has 5 N–H and O–H groups in total. The lowest BCUT2D eigenvalue weighted by molar-refractivity contribution is 0.0904. The maximum absolute atomic E-state index is 13.6. The molecule has 142 valence electrons. The van der Waals surface area contributed by atoms with Gasteiger partial charge in [-0.1, -0.05) is 11.6 Å². The largest absolute Gasteiger partial charge is 0.396 e. The van der Waals surface area contributed by atoms with Crippen molar-refractivity contribution in [3.05, 3.63) is 46.4 Å². The second kappa shape index (κ2) is 7.34. The summed E-state index contributed by atoms with van der Waals surface area (Å²) in [6, 6.07) is 4.76. The smallest absolute Gasteiger partial charge is 0.151 e. The first kappa shape index (κ1) is 18.0. The number of nitrogens with one attached hydrogen (secondary N) is 2. The Kier molecular flexibility index (Phi) is 4.90. The summed E-state index contributed by atoms with van der Waals surface area (Å²) in [5, 5.41) is 17.2. The summed E-state index contributed by atoms with van der Waals surface area (Å²) in [5.74, 6) is 0.148. The number of pyridine rings is 1. The number of benzene rings is 1. The molecule has 27 heavy (non-hydrogen) atoms. The number of aromatic nitrogens is 1. The molecule has 0 spiro atoms. The first-order chi connectivity index (χ1) is 13.0. The minimum absolute atomic E-state index is 0.0255. The van der Waals surface area contributed by atoms with Gasteiger partial charge in [0.05, 0.1) is 10.7 Å². The van der Waals surface area contributed by atoms with Crippen molar-refractivity contribution in [2.45, 2.75) is 25.1 Å². The highest BCUT2D eigenvalue weighted by Crippen LogP contribution is 2.36. The van der Waals surface area contributed by atoms with E-state index < -0.39 is 12.0 Å². The Balaban J connectivity index is 1.62. The maximum Gasteiger partial charge on any atom is 0.151 e. The van der Waals surface area contributed by atoms with Crippen molar-refractivity contribution in [3.8, 4) is 0 Å². The van der Waals surface area contributed by atoms with Gasteiger partial charge in [0.25, 0.3) is 0 Å². The number of hydrogen-bond acceptors (Lipinski definition) is 6. The van der Waals surface area contributed by atoms with Crippen LogP contribution in [0.1, 0.15) is 24.0 Å². The van der Waals surface area contributed by atoms with E-state index >= 15 is 0 Å². The predicted octanol–water partition coefficient (Wildman–Crippen LogP) is 3.33. The Morgan fingerprint density at radius 1 is 1.30 bits per heavy atom. The summed E-state index contributed by atoms with van der Waals surface area (Å²) in [5.41, 5.74) is 8.16. The monoisotopic (exact) mass is 390 g/mol.